The van der Waals surface area contributed by atoms with Crippen LogP contribution in [0.2, 0.25) is 0 Å². The molecular weight excluding hydrogens is 356 g/mol. The molecule has 2 bridgehead atoms. The van der Waals surface area contributed by atoms with Gasteiger partial charge in [-0.2, -0.15) is 0 Å². The van der Waals surface area contributed by atoms with Crippen LogP contribution in [0.5, 0.6) is 0 Å². The summed E-state index contributed by atoms with van der Waals surface area (Å²) in [6.45, 7) is 0. The zero-order valence-corrected chi connectivity index (χ0v) is 15.8. The van der Waals surface area contributed by atoms with Gasteiger partial charge in [0.2, 0.25) is 0 Å². The molecule has 29 heavy (non-hydrogen) atoms. The van der Waals surface area contributed by atoms with Crippen LogP contribution in [-0.2, 0) is 0 Å². The zero-order chi connectivity index (χ0) is 19.5. The largest absolute Gasteiger partial charge is 0.289 e. The van der Waals surface area contributed by atoms with Gasteiger partial charge in [-0.25, -0.2) is 0 Å². The van der Waals surface area contributed by atoms with E-state index in [1.54, 1.807) is 0 Å². The number of carbonyl (C=O) groups excluding carboxylic acids is 2. The molecule has 0 spiro atoms. The molecular formula is C27H18O2. The SMILES string of the molecule is O=C1C2=C(C(=O)c3c(-c4ccccc4)ccc(-c4ccccc4)c31)[C@@H]1C=C[C@@H]2C1. The molecule has 3 aromatic rings. The van der Waals surface area contributed by atoms with Crippen molar-refractivity contribution in [2.24, 2.45) is 11.8 Å². The molecule has 0 aliphatic heterocycles. The molecule has 0 radical (unpaired) electrons. The molecule has 2 nitrogen and oxygen atoms in total. The molecule has 0 unspecified atom stereocenters. The summed E-state index contributed by atoms with van der Waals surface area (Å²) in [7, 11) is 0. The number of hydrogen-bond donors (Lipinski definition) is 0. The maximum Gasteiger partial charge on any atom is 0.191 e. The van der Waals surface area contributed by atoms with Crippen molar-refractivity contribution in [3.05, 3.63) is 107 Å². The minimum atomic E-state index is 0.0306. The van der Waals surface area contributed by atoms with E-state index in [0.29, 0.717) is 11.1 Å². The molecule has 2 heteroatoms. The number of fused-ring (bicyclic) bond motifs is 5. The summed E-state index contributed by atoms with van der Waals surface area (Å²) >= 11 is 0. The van der Waals surface area contributed by atoms with Crippen LogP contribution in [-0.4, -0.2) is 11.6 Å². The van der Waals surface area contributed by atoms with Crippen molar-refractivity contribution in [1.82, 2.24) is 0 Å². The minimum Gasteiger partial charge on any atom is -0.289 e. The standard InChI is InChI=1S/C27H18O2/c28-26-22-18-11-12-19(15-18)23(22)27(29)25-21(17-9-5-2-6-10-17)14-13-20(24(25)26)16-7-3-1-4-8-16/h1-14,18-19H,15H2/t18-,19-/m1/s1. The fraction of sp³-hybridized carbons (Fsp3) is 0.111. The van der Waals surface area contributed by atoms with E-state index in [2.05, 4.69) is 12.2 Å². The second-order valence-corrected chi connectivity index (χ2v) is 7.96. The van der Waals surface area contributed by atoms with Crippen LogP contribution in [0.1, 0.15) is 27.1 Å². The van der Waals surface area contributed by atoms with Crippen LogP contribution in [0.25, 0.3) is 22.3 Å². The fourth-order valence-corrected chi connectivity index (χ4v) is 5.17. The molecule has 3 aliphatic carbocycles. The Morgan fingerprint density at radius 1 is 0.552 bits per heavy atom. The lowest BCUT2D eigenvalue weighted by Crippen LogP contribution is -2.26. The number of Topliss-reactive ketones (excluding diaryl/α,β-unsaturated/α-hetero) is 2. The van der Waals surface area contributed by atoms with Crippen LogP contribution < -0.4 is 0 Å². The molecule has 0 amide bonds. The van der Waals surface area contributed by atoms with Gasteiger partial charge in [0.1, 0.15) is 0 Å². The van der Waals surface area contributed by atoms with E-state index in [1.807, 2.05) is 72.8 Å². The van der Waals surface area contributed by atoms with Crippen molar-refractivity contribution in [1.29, 1.82) is 0 Å². The average Bonchev–Trinajstić information content (AvgIpc) is 3.40. The zero-order valence-electron chi connectivity index (χ0n) is 15.8. The van der Waals surface area contributed by atoms with E-state index in [-0.39, 0.29) is 23.4 Å². The van der Waals surface area contributed by atoms with E-state index in [9.17, 15) is 9.59 Å². The second kappa shape index (κ2) is 5.99. The molecule has 0 aromatic heterocycles. The highest BCUT2D eigenvalue weighted by atomic mass is 16.1. The topological polar surface area (TPSA) is 34.1 Å². The molecule has 0 saturated carbocycles. The van der Waals surface area contributed by atoms with Crippen LogP contribution in [0.15, 0.2) is 96.1 Å². The van der Waals surface area contributed by atoms with Gasteiger partial charge in [-0.05, 0) is 28.7 Å². The summed E-state index contributed by atoms with van der Waals surface area (Å²) in [5.74, 6) is 0.235. The van der Waals surface area contributed by atoms with Crippen molar-refractivity contribution in [3.63, 3.8) is 0 Å². The van der Waals surface area contributed by atoms with Gasteiger partial charge in [0.05, 0.1) is 0 Å². The smallest absolute Gasteiger partial charge is 0.191 e. The molecule has 0 fully saturated rings. The Balaban J connectivity index is 1.67. The Hall–Kier alpha value is -3.52. The first-order valence-corrected chi connectivity index (χ1v) is 10.0. The van der Waals surface area contributed by atoms with E-state index in [4.69, 9.17) is 0 Å². The van der Waals surface area contributed by atoms with Gasteiger partial charge < -0.3 is 0 Å². The predicted molar refractivity (Wildman–Crippen MR) is 114 cm³/mol. The normalized spacial score (nSPS) is 21.5. The summed E-state index contributed by atoms with van der Waals surface area (Å²) in [5.41, 5.74) is 6.23. The lowest BCUT2D eigenvalue weighted by atomic mass is 9.74. The highest BCUT2D eigenvalue weighted by Gasteiger charge is 2.47. The van der Waals surface area contributed by atoms with Crippen LogP contribution in [0.4, 0.5) is 0 Å². The Bertz CT molecular complexity index is 1150. The van der Waals surface area contributed by atoms with Crippen LogP contribution in [0, 0.1) is 11.8 Å². The van der Waals surface area contributed by atoms with Crippen LogP contribution in [0.3, 0.4) is 0 Å². The summed E-state index contributed by atoms with van der Waals surface area (Å²) in [6.07, 6.45) is 5.06. The summed E-state index contributed by atoms with van der Waals surface area (Å²) in [6, 6.07) is 23.8. The molecule has 0 N–H and O–H groups in total. The minimum absolute atomic E-state index is 0.0306. The maximum absolute atomic E-state index is 13.8. The van der Waals surface area contributed by atoms with E-state index in [1.165, 1.54) is 0 Å². The first-order valence-electron chi connectivity index (χ1n) is 10.0. The van der Waals surface area contributed by atoms with Crippen LogP contribution >= 0.6 is 0 Å². The number of ketones is 2. The first kappa shape index (κ1) is 16.4. The third kappa shape index (κ3) is 2.23. The summed E-state index contributed by atoms with van der Waals surface area (Å²) < 4.78 is 0. The second-order valence-electron chi connectivity index (χ2n) is 7.96. The molecule has 138 valence electrons. The van der Waals surface area contributed by atoms with Gasteiger partial charge in [0.15, 0.2) is 11.6 Å². The third-order valence-corrected chi connectivity index (χ3v) is 6.43. The lowest BCUT2D eigenvalue weighted by Gasteiger charge is -2.26. The molecule has 3 aromatic carbocycles. The van der Waals surface area contributed by atoms with Gasteiger partial charge >= 0.3 is 0 Å². The van der Waals surface area contributed by atoms with E-state index in [0.717, 1.165) is 39.8 Å². The Morgan fingerprint density at radius 2 is 0.966 bits per heavy atom. The highest BCUT2D eigenvalue weighted by molar-refractivity contribution is 6.32. The number of rotatable bonds is 2. The molecule has 3 aliphatic rings. The number of benzene rings is 3. The Labute approximate surface area is 169 Å². The number of carbonyl (C=O) groups is 2. The van der Waals surface area contributed by atoms with Gasteiger partial charge in [0.25, 0.3) is 0 Å². The van der Waals surface area contributed by atoms with Crippen molar-refractivity contribution in [3.8, 4) is 22.3 Å². The molecule has 0 heterocycles. The highest BCUT2D eigenvalue weighted by Crippen LogP contribution is 2.51. The molecule has 6 rings (SSSR count). The maximum atomic E-state index is 13.8. The monoisotopic (exact) mass is 374 g/mol. The van der Waals surface area contributed by atoms with Gasteiger partial charge in [-0.1, -0.05) is 84.9 Å². The number of hydrogen-bond acceptors (Lipinski definition) is 2. The molecule has 2 atom stereocenters. The van der Waals surface area contributed by atoms with E-state index >= 15 is 0 Å². The van der Waals surface area contributed by atoms with Crippen molar-refractivity contribution < 1.29 is 9.59 Å². The van der Waals surface area contributed by atoms with Gasteiger partial charge in [-0.15, -0.1) is 0 Å². The molecule has 0 saturated heterocycles. The summed E-state index contributed by atoms with van der Waals surface area (Å²) in [4.78, 5) is 27.5. The predicted octanol–water partition coefficient (Wildman–Crippen LogP) is 5.90. The first-order chi connectivity index (χ1) is 14.2. The fourth-order valence-electron chi connectivity index (χ4n) is 5.17. The Morgan fingerprint density at radius 3 is 1.38 bits per heavy atom. The van der Waals surface area contributed by atoms with Gasteiger partial charge in [-0.3, -0.25) is 9.59 Å². The lowest BCUT2D eigenvalue weighted by molar-refractivity contribution is 0.0970. The van der Waals surface area contributed by atoms with Gasteiger partial charge in [0, 0.05) is 34.1 Å². The average molecular weight is 374 g/mol. The van der Waals surface area contributed by atoms with E-state index < -0.39 is 0 Å². The van der Waals surface area contributed by atoms with Crippen molar-refractivity contribution >= 4 is 11.6 Å². The van der Waals surface area contributed by atoms with Crippen molar-refractivity contribution in [2.45, 2.75) is 6.42 Å². The summed E-state index contributed by atoms with van der Waals surface area (Å²) in [5, 5.41) is 0. The quantitative estimate of drug-likeness (QED) is 0.523. The van der Waals surface area contributed by atoms with Crippen molar-refractivity contribution in [2.75, 3.05) is 0 Å². The Kier molecular flexibility index (Phi) is 3.39. The third-order valence-electron chi connectivity index (χ3n) is 6.43. The number of allylic oxidation sites excluding steroid dienone is 4.